The zero-order valence-electron chi connectivity index (χ0n) is 12.8. The average Bonchev–Trinajstić information content (AvgIpc) is 2.25. The van der Waals surface area contributed by atoms with Gasteiger partial charge < -0.3 is 4.90 Å². The van der Waals surface area contributed by atoms with Gasteiger partial charge in [0.25, 0.3) is 0 Å². The first-order valence-corrected chi connectivity index (χ1v) is 6.54. The van der Waals surface area contributed by atoms with Crippen LogP contribution in [-0.4, -0.2) is 18.7 Å². The molecule has 0 heterocycles. The summed E-state index contributed by atoms with van der Waals surface area (Å²) in [4.78, 5) is 13.5. The van der Waals surface area contributed by atoms with Crippen molar-refractivity contribution in [3.05, 3.63) is 29.3 Å². The topological polar surface area (TPSA) is 44.2 Å². The zero-order chi connectivity index (χ0) is 14.8. The van der Waals surface area contributed by atoms with Crippen LogP contribution in [0.2, 0.25) is 0 Å². The summed E-state index contributed by atoms with van der Waals surface area (Å²) in [6, 6.07) is 5.95. The number of hydrogen-bond acceptors (Lipinski definition) is 2. The molecule has 3 nitrogen and oxygen atoms in total. The number of nitrogens with zero attached hydrogens (tertiary/aromatic N) is 1. The van der Waals surface area contributed by atoms with Gasteiger partial charge in [-0.3, -0.25) is 10.2 Å². The number of rotatable bonds is 3. The summed E-state index contributed by atoms with van der Waals surface area (Å²) in [5, 5.41) is 7.69. The van der Waals surface area contributed by atoms with E-state index in [0.29, 0.717) is 11.4 Å². The fourth-order valence-electron chi connectivity index (χ4n) is 2.06. The largest absolute Gasteiger partial charge is 0.333 e. The Hall–Kier alpha value is -1.64. The third kappa shape index (κ3) is 4.19. The summed E-state index contributed by atoms with van der Waals surface area (Å²) in [7, 11) is 1.81. The van der Waals surface area contributed by atoms with E-state index >= 15 is 0 Å². The zero-order valence-corrected chi connectivity index (χ0v) is 12.8. The van der Waals surface area contributed by atoms with E-state index in [2.05, 4.69) is 20.8 Å². The van der Waals surface area contributed by atoms with Gasteiger partial charge in [0.1, 0.15) is 0 Å². The highest BCUT2D eigenvalue weighted by Crippen LogP contribution is 2.26. The van der Waals surface area contributed by atoms with Crippen LogP contribution in [0.3, 0.4) is 0 Å². The number of nitrogens with one attached hydrogen (secondary N) is 1. The van der Waals surface area contributed by atoms with Crippen LogP contribution in [0.5, 0.6) is 0 Å². The molecule has 104 valence electrons. The monoisotopic (exact) mass is 260 g/mol. The van der Waals surface area contributed by atoms with Crippen LogP contribution in [0, 0.1) is 10.8 Å². The lowest BCUT2D eigenvalue weighted by Crippen LogP contribution is -2.24. The van der Waals surface area contributed by atoms with Crippen LogP contribution < -0.4 is 4.90 Å². The molecule has 1 N–H and O–H groups in total. The molecule has 1 aromatic carbocycles. The molecule has 0 atom stereocenters. The van der Waals surface area contributed by atoms with Gasteiger partial charge in [0.05, 0.1) is 11.5 Å². The Morgan fingerprint density at radius 1 is 1.26 bits per heavy atom. The van der Waals surface area contributed by atoms with E-state index in [1.165, 1.54) is 0 Å². The van der Waals surface area contributed by atoms with Gasteiger partial charge in [-0.15, -0.1) is 0 Å². The Balaban J connectivity index is 3.23. The van der Waals surface area contributed by atoms with E-state index in [4.69, 9.17) is 5.41 Å². The molecule has 0 radical (unpaired) electrons. The van der Waals surface area contributed by atoms with Crippen molar-refractivity contribution in [3.63, 3.8) is 0 Å². The molecular weight excluding hydrogens is 236 g/mol. The van der Waals surface area contributed by atoms with Crippen molar-refractivity contribution in [2.75, 3.05) is 11.9 Å². The minimum atomic E-state index is 0.0406. The van der Waals surface area contributed by atoms with Crippen molar-refractivity contribution in [2.45, 2.75) is 41.0 Å². The lowest BCUT2D eigenvalue weighted by atomic mass is 9.87. The molecule has 0 spiro atoms. The van der Waals surface area contributed by atoms with Crippen molar-refractivity contribution in [2.24, 2.45) is 5.41 Å². The Morgan fingerprint density at radius 2 is 1.84 bits per heavy atom. The highest BCUT2D eigenvalue weighted by Gasteiger charge is 2.16. The summed E-state index contributed by atoms with van der Waals surface area (Å²) >= 11 is 0. The number of carbonyl (C=O) groups excluding carboxylic acids is 1. The van der Waals surface area contributed by atoms with E-state index < -0.39 is 0 Å². The maximum atomic E-state index is 11.8. The number of amidine groups is 1. The molecule has 0 unspecified atom stereocenters. The number of carbonyl (C=O) groups is 1. The Bertz CT molecular complexity index is 498. The van der Waals surface area contributed by atoms with Crippen LogP contribution in [0.4, 0.5) is 5.69 Å². The van der Waals surface area contributed by atoms with Crippen LogP contribution >= 0.6 is 0 Å². The summed E-state index contributed by atoms with van der Waals surface area (Å²) < 4.78 is 0. The number of anilines is 1. The number of hydrogen-bond donors (Lipinski definition) is 1. The molecule has 0 saturated carbocycles. The predicted molar refractivity (Wildman–Crippen MR) is 81.4 cm³/mol. The highest BCUT2D eigenvalue weighted by atomic mass is 16.1. The predicted octanol–water partition coefficient (Wildman–Crippen LogP) is 3.91. The molecule has 0 bridgehead atoms. The van der Waals surface area contributed by atoms with Gasteiger partial charge in [-0.1, -0.05) is 26.8 Å². The van der Waals surface area contributed by atoms with E-state index in [9.17, 15) is 4.79 Å². The van der Waals surface area contributed by atoms with E-state index in [-0.39, 0.29) is 11.2 Å². The molecule has 19 heavy (non-hydrogen) atoms. The standard InChI is InChI=1S/C16H24N2O/c1-11(19)14-9-13(10-16(3,4)5)7-8-15(14)18(6)12(2)17/h7-9,17H,10H2,1-6H3. The summed E-state index contributed by atoms with van der Waals surface area (Å²) in [5.74, 6) is 0.463. The van der Waals surface area contributed by atoms with Gasteiger partial charge in [-0.05, 0) is 43.4 Å². The minimum absolute atomic E-state index is 0.0406. The maximum Gasteiger partial charge on any atom is 0.161 e. The second-order valence-electron chi connectivity index (χ2n) is 6.29. The van der Waals surface area contributed by atoms with Crippen LogP contribution in [-0.2, 0) is 6.42 Å². The Labute approximate surface area is 116 Å². The van der Waals surface area contributed by atoms with Gasteiger partial charge in [0.15, 0.2) is 5.78 Å². The van der Waals surface area contributed by atoms with Crippen LogP contribution in [0.1, 0.15) is 50.5 Å². The molecule has 0 aliphatic rings. The van der Waals surface area contributed by atoms with E-state index in [0.717, 1.165) is 17.7 Å². The van der Waals surface area contributed by atoms with Gasteiger partial charge in [-0.25, -0.2) is 0 Å². The fraction of sp³-hybridized carbons (Fsp3) is 0.500. The first-order valence-electron chi connectivity index (χ1n) is 6.54. The van der Waals surface area contributed by atoms with Gasteiger partial charge in [-0.2, -0.15) is 0 Å². The first-order chi connectivity index (χ1) is 8.61. The molecule has 0 aromatic heterocycles. The molecule has 1 aromatic rings. The van der Waals surface area contributed by atoms with Gasteiger partial charge in [0.2, 0.25) is 0 Å². The molecule has 0 amide bonds. The molecule has 0 fully saturated rings. The summed E-state index contributed by atoms with van der Waals surface area (Å²) in [6.45, 7) is 9.84. The lowest BCUT2D eigenvalue weighted by Gasteiger charge is -2.23. The fourth-order valence-corrected chi connectivity index (χ4v) is 2.06. The van der Waals surface area contributed by atoms with Crippen LogP contribution in [0.15, 0.2) is 18.2 Å². The van der Waals surface area contributed by atoms with Crippen molar-refractivity contribution < 1.29 is 4.79 Å². The summed E-state index contributed by atoms with van der Waals surface area (Å²) in [5.41, 5.74) is 2.85. The Kier molecular flexibility index (Phi) is 4.51. The third-order valence-electron chi connectivity index (χ3n) is 3.04. The average molecular weight is 260 g/mol. The number of benzene rings is 1. The minimum Gasteiger partial charge on any atom is -0.333 e. The smallest absolute Gasteiger partial charge is 0.161 e. The molecule has 3 heteroatoms. The van der Waals surface area contributed by atoms with E-state index in [1.54, 1.807) is 18.7 Å². The molecule has 0 saturated heterocycles. The molecular formula is C16H24N2O. The van der Waals surface area contributed by atoms with Gasteiger partial charge >= 0.3 is 0 Å². The van der Waals surface area contributed by atoms with Gasteiger partial charge in [0, 0.05) is 12.6 Å². The SMILES string of the molecule is CC(=N)N(C)c1ccc(CC(C)(C)C)cc1C(C)=O. The summed E-state index contributed by atoms with van der Waals surface area (Å²) in [6.07, 6.45) is 0.931. The molecule has 0 aliphatic heterocycles. The van der Waals surface area contributed by atoms with Crippen LogP contribution in [0.25, 0.3) is 0 Å². The third-order valence-corrected chi connectivity index (χ3v) is 3.04. The number of Topliss-reactive ketones (excluding diaryl/α,β-unsaturated/α-hetero) is 1. The second-order valence-corrected chi connectivity index (χ2v) is 6.29. The highest BCUT2D eigenvalue weighted by molar-refractivity contribution is 6.04. The first kappa shape index (κ1) is 15.4. The maximum absolute atomic E-state index is 11.8. The lowest BCUT2D eigenvalue weighted by molar-refractivity contribution is 0.101. The van der Waals surface area contributed by atoms with Crippen molar-refractivity contribution in [1.82, 2.24) is 0 Å². The Morgan fingerprint density at radius 3 is 2.26 bits per heavy atom. The molecule has 0 aliphatic carbocycles. The van der Waals surface area contributed by atoms with Crippen molar-refractivity contribution >= 4 is 17.3 Å². The second kappa shape index (κ2) is 5.55. The number of ketones is 1. The van der Waals surface area contributed by atoms with Crippen molar-refractivity contribution in [3.8, 4) is 0 Å². The molecule has 1 rings (SSSR count). The van der Waals surface area contributed by atoms with Crippen molar-refractivity contribution in [1.29, 1.82) is 5.41 Å². The van der Waals surface area contributed by atoms with E-state index in [1.807, 2.05) is 25.2 Å². The normalized spacial score (nSPS) is 11.3. The quantitative estimate of drug-likeness (QED) is 0.508.